The van der Waals surface area contributed by atoms with Crippen LogP contribution in [0.2, 0.25) is 0 Å². The maximum atomic E-state index is 12.3. The molecule has 2 nitrogen and oxygen atoms in total. The van der Waals surface area contributed by atoms with E-state index in [2.05, 4.69) is 16.7 Å². The van der Waals surface area contributed by atoms with Gasteiger partial charge in [0.2, 0.25) is 0 Å². The van der Waals surface area contributed by atoms with Crippen molar-refractivity contribution in [3.8, 4) is 11.8 Å². The number of ketones is 1. The second kappa shape index (κ2) is 6.06. The van der Waals surface area contributed by atoms with Crippen molar-refractivity contribution in [2.75, 3.05) is 14.1 Å². The minimum Gasteiger partial charge on any atom is -0.297 e. The van der Waals surface area contributed by atoms with Crippen LogP contribution in [-0.4, -0.2) is 30.3 Å². The Labute approximate surface area is 99.4 Å². The summed E-state index contributed by atoms with van der Waals surface area (Å²) >= 11 is 0. The molecule has 0 bridgehead atoms. The standard InChI is InChI=1S/C14H23NO/c1-4-5-10-13(16)14(15(2)3)11-8-6-7-9-12-14/h6-12H2,1-3H3. The van der Waals surface area contributed by atoms with Crippen LogP contribution in [0.3, 0.4) is 0 Å². The highest BCUT2D eigenvalue weighted by molar-refractivity contribution is 5.90. The smallest absolute Gasteiger partial charge is 0.164 e. The summed E-state index contributed by atoms with van der Waals surface area (Å²) < 4.78 is 0. The van der Waals surface area contributed by atoms with Crippen LogP contribution in [0.1, 0.15) is 51.9 Å². The van der Waals surface area contributed by atoms with Crippen LogP contribution < -0.4 is 0 Å². The summed E-state index contributed by atoms with van der Waals surface area (Å²) in [5, 5.41) is 0. The van der Waals surface area contributed by atoms with Crippen LogP contribution in [0, 0.1) is 11.8 Å². The molecule has 0 aromatic heterocycles. The van der Waals surface area contributed by atoms with Gasteiger partial charge in [0.05, 0.1) is 12.0 Å². The van der Waals surface area contributed by atoms with Crippen LogP contribution in [0.4, 0.5) is 0 Å². The van der Waals surface area contributed by atoms with Crippen molar-refractivity contribution in [3.63, 3.8) is 0 Å². The predicted molar refractivity (Wildman–Crippen MR) is 67.2 cm³/mol. The highest BCUT2D eigenvalue weighted by Crippen LogP contribution is 2.32. The first-order chi connectivity index (χ1) is 7.63. The van der Waals surface area contributed by atoms with Gasteiger partial charge in [0.1, 0.15) is 0 Å². The lowest BCUT2D eigenvalue weighted by molar-refractivity contribution is -0.129. The number of likely N-dealkylation sites (N-methyl/N-ethyl adjacent to an activating group) is 1. The van der Waals surface area contributed by atoms with Crippen LogP contribution in [-0.2, 0) is 4.79 Å². The normalized spacial score (nSPS) is 19.8. The van der Waals surface area contributed by atoms with Gasteiger partial charge in [-0.3, -0.25) is 9.69 Å². The molecule has 0 atom stereocenters. The Morgan fingerprint density at radius 3 is 2.19 bits per heavy atom. The van der Waals surface area contributed by atoms with Gasteiger partial charge >= 0.3 is 0 Å². The number of hydrogen-bond donors (Lipinski definition) is 0. The Balaban J connectivity index is 2.83. The van der Waals surface area contributed by atoms with Gasteiger partial charge in [-0.1, -0.05) is 31.6 Å². The van der Waals surface area contributed by atoms with Gasteiger partial charge in [-0.05, 0) is 33.9 Å². The number of carbonyl (C=O) groups excluding carboxylic acids is 1. The maximum Gasteiger partial charge on any atom is 0.164 e. The van der Waals surface area contributed by atoms with Crippen LogP contribution >= 0.6 is 0 Å². The van der Waals surface area contributed by atoms with E-state index in [1.807, 2.05) is 14.1 Å². The van der Waals surface area contributed by atoms with E-state index in [1.54, 1.807) is 6.92 Å². The third kappa shape index (κ3) is 2.86. The van der Waals surface area contributed by atoms with Gasteiger partial charge in [-0.15, -0.1) is 5.92 Å². The van der Waals surface area contributed by atoms with Crippen LogP contribution in [0.5, 0.6) is 0 Å². The van der Waals surface area contributed by atoms with E-state index in [9.17, 15) is 4.79 Å². The summed E-state index contributed by atoms with van der Waals surface area (Å²) in [5.74, 6) is 6.05. The molecule has 1 rings (SSSR count). The van der Waals surface area contributed by atoms with Crippen LogP contribution in [0.25, 0.3) is 0 Å². The van der Waals surface area contributed by atoms with Gasteiger partial charge in [0.25, 0.3) is 0 Å². The molecule has 0 radical (unpaired) electrons. The lowest BCUT2D eigenvalue weighted by atomic mass is 9.83. The van der Waals surface area contributed by atoms with E-state index in [0.717, 1.165) is 12.8 Å². The molecule has 2 heteroatoms. The largest absolute Gasteiger partial charge is 0.297 e. The van der Waals surface area contributed by atoms with Crippen LogP contribution in [0.15, 0.2) is 0 Å². The lowest BCUT2D eigenvalue weighted by Gasteiger charge is -2.37. The van der Waals surface area contributed by atoms with Gasteiger partial charge in [0.15, 0.2) is 5.78 Å². The number of Topliss-reactive ketones (excluding diaryl/α,β-unsaturated/α-hetero) is 1. The van der Waals surface area contributed by atoms with Gasteiger partial charge < -0.3 is 0 Å². The lowest BCUT2D eigenvalue weighted by Crippen LogP contribution is -2.50. The zero-order valence-corrected chi connectivity index (χ0v) is 10.8. The van der Waals surface area contributed by atoms with E-state index in [-0.39, 0.29) is 5.54 Å². The predicted octanol–water partition coefficient (Wildman–Crippen LogP) is 2.62. The highest BCUT2D eigenvalue weighted by Gasteiger charge is 2.39. The molecule has 1 aliphatic rings. The molecule has 1 fully saturated rings. The number of rotatable bonds is 3. The molecule has 0 saturated heterocycles. The van der Waals surface area contributed by atoms with Crippen molar-refractivity contribution >= 4 is 5.78 Å². The summed E-state index contributed by atoms with van der Waals surface area (Å²) in [6.07, 6.45) is 7.29. The topological polar surface area (TPSA) is 20.3 Å². The monoisotopic (exact) mass is 221 g/mol. The number of hydrogen-bond acceptors (Lipinski definition) is 2. The molecule has 0 unspecified atom stereocenters. The average molecular weight is 221 g/mol. The molecule has 1 aliphatic carbocycles. The molecule has 90 valence electrons. The van der Waals surface area contributed by atoms with Gasteiger partial charge in [0, 0.05) is 0 Å². The summed E-state index contributed by atoms with van der Waals surface area (Å²) in [6.45, 7) is 1.79. The minimum atomic E-state index is -0.236. The Kier molecular flexibility index (Phi) is 5.02. The fourth-order valence-corrected chi connectivity index (χ4v) is 2.62. The third-order valence-electron chi connectivity index (χ3n) is 3.73. The zero-order valence-electron chi connectivity index (χ0n) is 10.8. The molecule has 0 aromatic rings. The Morgan fingerprint density at radius 1 is 1.19 bits per heavy atom. The molecule has 0 N–H and O–H groups in total. The quantitative estimate of drug-likeness (QED) is 0.539. The van der Waals surface area contributed by atoms with E-state index in [4.69, 9.17) is 0 Å². The first kappa shape index (κ1) is 13.3. The fourth-order valence-electron chi connectivity index (χ4n) is 2.62. The Morgan fingerprint density at radius 2 is 1.75 bits per heavy atom. The van der Waals surface area contributed by atoms with E-state index >= 15 is 0 Å². The highest BCUT2D eigenvalue weighted by atomic mass is 16.1. The van der Waals surface area contributed by atoms with E-state index < -0.39 is 0 Å². The fraction of sp³-hybridized carbons (Fsp3) is 0.786. The number of nitrogens with zero attached hydrogens (tertiary/aromatic N) is 1. The SMILES string of the molecule is CC#CCC(=O)C1(N(C)C)CCCCCC1. The van der Waals surface area contributed by atoms with Crippen molar-refractivity contribution < 1.29 is 4.79 Å². The third-order valence-corrected chi connectivity index (χ3v) is 3.73. The Bertz CT molecular complexity index is 288. The summed E-state index contributed by atoms with van der Waals surface area (Å²) in [4.78, 5) is 14.5. The van der Waals surface area contributed by atoms with Crippen molar-refractivity contribution in [2.45, 2.75) is 57.4 Å². The molecular formula is C14H23NO. The second-order valence-electron chi connectivity index (χ2n) is 4.87. The first-order valence-corrected chi connectivity index (χ1v) is 6.24. The zero-order chi connectivity index (χ0) is 12.0. The van der Waals surface area contributed by atoms with Gasteiger partial charge in [-0.25, -0.2) is 0 Å². The molecule has 0 aliphatic heterocycles. The summed E-state index contributed by atoms with van der Waals surface area (Å²) in [6, 6.07) is 0. The van der Waals surface area contributed by atoms with Crippen molar-refractivity contribution in [1.29, 1.82) is 0 Å². The number of carbonyl (C=O) groups is 1. The van der Waals surface area contributed by atoms with E-state index in [1.165, 1.54) is 25.7 Å². The van der Waals surface area contributed by atoms with E-state index in [0.29, 0.717) is 12.2 Å². The Hall–Kier alpha value is -0.810. The summed E-state index contributed by atoms with van der Waals surface area (Å²) in [7, 11) is 4.06. The molecule has 16 heavy (non-hydrogen) atoms. The van der Waals surface area contributed by atoms with Crippen molar-refractivity contribution in [2.24, 2.45) is 0 Å². The first-order valence-electron chi connectivity index (χ1n) is 6.24. The molecule has 1 saturated carbocycles. The summed E-state index contributed by atoms with van der Waals surface area (Å²) in [5.41, 5.74) is -0.236. The molecule has 0 heterocycles. The average Bonchev–Trinajstić information content (AvgIpc) is 2.52. The van der Waals surface area contributed by atoms with Crippen molar-refractivity contribution in [3.05, 3.63) is 0 Å². The molecule has 0 aromatic carbocycles. The van der Waals surface area contributed by atoms with Crippen molar-refractivity contribution in [1.82, 2.24) is 4.90 Å². The maximum absolute atomic E-state index is 12.3. The molecule has 0 spiro atoms. The van der Waals surface area contributed by atoms with Gasteiger partial charge in [-0.2, -0.15) is 0 Å². The second-order valence-corrected chi connectivity index (χ2v) is 4.87. The minimum absolute atomic E-state index is 0.236. The molecule has 0 amide bonds. The molecular weight excluding hydrogens is 198 g/mol.